The molecule has 1 heterocycles. The SMILES string of the molecule is CN=C(NCc1ccccn1)NCc1ccccc1Cl.I. The molecule has 2 aromatic rings. The third-order valence-corrected chi connectivity index (χ3v) is 3.16. The molecule has 2 N–H and O–H groups in total. The normalized spacial score (nSPS) is 10.7. The molecule has 0 saturated carbocycles. The van der Waals surface area contributed by atoms with E-state index in [1.807, 2.05) is 42.5 Å². The molecular weight excluding hydrogens is 399 g/mol. The number of pyridine rings is 1. The van der Waals surface area contributed by atoms with Gasteiger partial charge in [-0.05, 0) is 23.8 Å². The van der Waals surface area contributed by atoms with Crippen molar-refractivity contribution < 1.29 is 0 Å². The van der Waals surface area contributed by atoms with Gasteiger partial charge in [0.1, 0.15) is 0 Å². The van der Waals surface area contributed by atoms with E-state index in [9.17, 15) is 0 Å². The summed E-state index contributed by atoms with van der Waals surface area (Å²) >= 11 is 6.11. The first-order valence-corrected chi connectivity index (χ1v) is 6.75. The van der Waals surface area contributed by atoms with E-state index in [1.165, 1.54) is 0 Å². The van der Waals surface area contributed by atoms with Gasteiger partial charge in [0.2, 0.25) is 0 Å². The summed E-state index contributed by atoms with van der Waals surface area (Å²) in [7, 11) is 1.74. The first kappa shape index (κ1) is 17.7. The molecule has 0 atom stereocenters. The molecule has 21 heavy (non-hydrogen) atoms. The van der Waals surface area contributed by atoms with Crippen molar-refractivity contribution in [2.45, 2.75) is 13.1 Å². The fourth-order valence-electron chi connectivity index (χ4n) is 1.72. The molecule has 2 rings (SSSR count). The number of benzene rings is 1. The molecule has 6 heteroatoms. The number of nitrogens with zero attached hydrogens (tertiary/aromatic N) is 2. The average Bonchev–Trinajstić information content (AvgIpc) is 2.50. The van der Waals surface area contributed by atoms with Crippen molar-refractivity contribution >= 4 is 41.5 Å². The van der Waals surface area contributed by atoms with Crippen molar-refractivity contribution in [1.82, 2.24) is 15.6 Å². The third kappa shape index (κ3) is 5.89. The molecule has 1 aromatic heterocycles. The fourth-order valence-corrected chi connectivity index (χ4v) is 1.92. The van der Waals surface area contributed by atoms with Gasteiger partial charge in [0.15, 0.2) is 5.96 Å². The summed E-state index contributed by atoms with van der Waals surface area (Å²) in [6.45, 7) is 1.25. The van der Waals surface area contributed by atoms with Crippen LogP contribution in [0, 0.1) is 0 Å². The van der Waals surface area contributed by atoms with Crippen molar-refractivity contribution in [1.29, 1.82) is 0 Å². The number of nitrogens with one attached hydrogen (secondary N) is 2. The van der Waals surface area contributed by atoms with E-state index in [4.69, 9.17) is 11.6 Å². The maximum absolute atomic E-state index is 6.11. The zero-order valence-corrected chi connectivity index (χ0v) is 14.8. The molecule has 0 aliphatic heterocycles. The lowest BCUT2D eigenvalue weighted by Crippen LogP contribution is -2.36. The Bertz CT molecular complexity index is 575. The quantitative estimate of drug-likeness (QED) is 0.457. The van der Waals surface area contributed by atoms with Crippen LogP contribution >= 0.6 is 35.6 Å². The monoisotopic (exact) mass is 416 g/mol. The van der Waals surface area contributed by atoms with Gasteiger partial charge in [-0.2, -0.15) is 0 Å². The second-order valence-electron chi connectivity index (χ2n) is 4.19. The Morgan fingerprint density at radius 1 is 1.10 bits per heavy atom. The minimum absolute atomic E-state index is 0. The van der Waals surface area contributed by atoms with Crippen LogP contribution in [0.15, 0.2) is 53.7 Å². The zero-order valence-electron chi connectivity index (χ0n) is 11.7. The first-order chi connectivity index (χ1) is 9.79. The highest BCUT2D eigenvalue weighted by molar-refractivity contribution is 14.0. The van der Waals surface area contributed by atoms with E-state index < -0.39 is 0 Å². The van der Waals surface area contributed by atoms with Gasteiger partial charge >= 0.3 is 0 Å². The number of halogens is 2. The summed E-state index contributed by atoms with van der Waals surface area (Å²) < 4.78 is 0. The average molecular weight is 417 g/mol. The lowest BCUT2D eigenvalue weighted by molar-refractivity contribution is 0.794. The molecule has 0 spiro atoms. The van der Waals surface area contributed by atoms with Gasteiger partial charge in [0.05, 0.1) is 12.2 Å². The number of rotatable bonds is 4. The minimum Gasteiger partial charge on any atom is -0.352 e. The summed E-state index contributed by atoms with van der Waals surface area (Å²) in [4.78, 5) is 8.42. The maximum Gasteiger partial charge on any atom is 0.191 e. The van der Waals surface area contributed by atoms with E-state index in [-0.39, 0.29) is 24.0 Å². The van der Waals surface area contributed by atoms with Crippen LogP contribution in [0.1, 0.15) is 11.3 Å². The van der Waals surface area contributed by atoms with E-state index in [2.05, 4.69) is 20.6 Å². The minimum atomic E-state index is 0. The lowest BCUT2D eigenvalue weighted by atomic mass is 10.2. The maximum atomic E-state index is 6.11. The molecule has 1 aromatic carbocycles. The lowest BCUT2D eigenvalue weighted by Gasteiger charge is -2.12. The zero-order chi connectivity index (χ0) is 14.2. The highest BCUT2D eigenvalue weighted by Crippen LogP contribution is 2.14. The van der Waals surface area contributed by atoms with Crippen LogP contribution in [0.4, 0.5) is 0 Å². The van der Waals surface area contributed by atoms with Crippen LogP contribution < -0.4 is 10.6 Å². The Labute approximate surface area is 147 Å². The molecule has 0 unspecified atom stereocenters. The highest BCUT2D eigenvalue weighted by atomic mass is 127. The number of aromatic nitrogens is 1. The molecule has 0 saturated heterocycles. The number of aliphatic imine (C=N–C) groups is 1. The predicted octanol–water partition coefficient (Wildman–Crippen LogP) is 3.22. The molecule has 112 valence electrons. The largest absolute Gasteiger partial charge is 0.352 e. The van der Waals surface area contributed by atoms with Crippen LogP contribution in [0.5, 0.6) is 0 Å². The van der Waals surface area contributed by atoms with Gasteiger partial charge < -0.3 is 10.6 Å². The van der Waals surface area contributed by atoms with Gasteiger partial charge in [0, 0.05) is 24.8 Å². The highest BCUT2D eigenvalue weighted by Gasteiger charge is 2.01. The number of hydrogen-bond acceptors (Lipinski definition) is 2. The topological polar surface area (TPSA) is 49.3 Å². The van der Waals surface area contributed by atoms with E-state index >= 15 is 0 Å². The van der Waals surface area contributed by atoms with Gasteiger partial charge in [-0.25, -0.2) is 0 Å². The van der Waals surface area contributed by atoms with Crippen molar-refractivity contribution in [3.8, 4) is 0 Å². The van der Waals surface area contributed by atoms with Crippen molar-refractivity contribution in [3.63, 3.8) is 0 Å². The molecule has 0 fully saturated rings. The van der Waals surface area contributed by atoms with Gasteiger partial charge in [-0.3, -0.25) is 9.98 Å². The Kier molecular flexibility index (Phi) is 8.07. The Balaban J connectivity index is 0.00000220. The summed E-state index contributed by atoms with van der Waals surface area (Å²) in [6.07, 6.45) is 1.77. The third-order valence-electron chi connectivity index (χ3n) is 2.79. The fraction of sp³-hybridized carbons (Fsp3) is 0.200. The smallest absolute Gasteiger partial charge is 0.191 e. The summed E-state index contributed by atoms with van der Waals surface area (Å²) in [5.74, 6) is 0.718. The van der Waals surface area contributed by atoms with Crippen molar-refractivity contribution in [2.24, 2.45) is 4.99 Å². The predicted molar refractivity (Wildman–Crippen MR) is 98.1 cm³/mol. The first-order valence-electron chi connectivity index (χ1n) is 6.37. The molecule has 0 amide bonds. The van der Waals surface area contributed by atoms with Crippen molar-refractivity contribution in [3.05, 3.63) is 64.9 Å². The van der Waals surface area contributed by atoms with Crippen LogP contribution in [-0.4, -0.2) is 18.0 Å². The molecular formula is C15H18ClIN4. The summed E-state index contributed by atoms with van der Waals surface area (Å²) in [5.41, 5.74) is 2.00. The van der Waals surface area contributed by atoms with E-state index in [0.29, 0.717) is 13.1 Å². The Morgan fingerprint density at radius 2 is 1.81 bits per heavy atom. The summed E-state index contributed by atoms with van der Waals surface area (Å²) in [6, 6.07) is 13.6. The number of hydrogen-bond donors (Lipinski definition) is 2. The standard InChI is InChI=1S/C15H17ClN4.HI/c1-17-15(20-11-13-7-4-5-9-18-13)19-10-12-6-2-3-8-14(12)16;/h2-9H,10-11H2,1H3,(H2,17,19,20);1H. The molecule has 0 radical (unpaired) electrons. The van der Waals surface area contributed by atoms with E-state index in [0.717, 1.165) is 22.2 Å². The number of guanidine groups is 1. The van der Waals surface area contributed by atoms with Gasteiger partial charge in [0.25, 0.3) is 0 Å². The molecule has 0 bridgehead atoms. The molecule has 0 aliphatic carbocycles. The van der Waals surface area contributed by atoms with Crippen molar-refractivity contribution in [2.75, 3.05) is 7.05 Å². The molecule has 0 aliphatic rings. The van der Waals surface area contributed by atoms with Crippen LogP contribution in [0.2, 0.25) is 5.02 Å². The van der Waals surface area contributed by atoms with Crippen LogP contribution in [0.3, 0.4) is 0 Å². The second kappa shape index (κ2) is 9.57. The van der Waals surface area contributed by atoms with E-state index in [1.54, 1.807) is 13.2 Å². The molecule has 4 nitrogen and oxygen atoms in total. The van der Waals surface area contributed by atoms with Crippen LogP contribution in [0.25, 0.3) is 0 Å². The Hall–Kier alpha value is -1.34. The summed E-state index contributed by atoms with van der Waals surface area (Å²) in [5, 5.41) is 7.18. The van der Waals surface area contributed by atoms with Gasteiger partial charge in [-0.15, -0.1) is 24.0 Å². The Morgan fingerprint density at radius 3 is 2.48 bits per heavy atom. The van der Waals surface area contributed by atoms with Crippen LogP contribution in [-0.2, 0) is 13.1 Å². The van der Waals surface area contributed by atoms with Gasteiger partial charge in [-0.1, -0.05) is 35.9 Å². The second-order valence-corrected chi connectivity index (χ2v) is 4.60.